The summed E-state index contributed by atoms with van der Waals surface area (Å²) in [5.41, 5.74) is -3.59. The first-order chi connectivity index (χ1) is 26.8. The van der Waals surface area contributed by atoms with Crippen molar-refractivity contribution in [2.75, 3.05) is 6.54 Å². The second-order valence-electron chi connectivity index (χ2n) is 17.3. The molecule has 5 aliphatic rings. The van der Waals surface area contributed by atoms with Crippen LogP contribution >= 0.6 is 0 Å². The van der Waals surface area contributed by atoms with Crippen LogP contribution in [0.3, 0.4) is 0 Å². The van der Waals surface area contributed by atoms with E-state index in [1.165, 1.54) is 6.07 Å². The lowest BCUT2D eigenvalue weighted by Gasteiger charge is -2.36. The number of pyridine rings is 1. The van der Waals surface area contributed by atoms with E-state index < -0.39 is 117 Å². The van der Waals surface area contributed by atoms with E-state index in [1.807, 2.05) is 4.72 Å². The molecule has 13 nitrogen and oxygen atoms in total. The Morgan fingerprint density at radius 3 is 2.44 bits per heavy atom. The highest BCUT2D eigenvalue weighted by molar-refractivity contribution is 7.91. The zero-order valence-corrected chi connectivity index (χ0v) is 33.1. The molecule has 2 bridgehead atoms. The maximum Gasteiger partial charge on any atom is 0.408 e. The molecule has 2 aromatic rings. The summed E-state index contributed by atoms with van der Waals surface area (Å²) in [5, 5.41) is 4.72. The number of carbonyl (C=O) groups excluding carboxylic acids is 4. The Hall–Kier alpha value is -4.22. The van der Waals surface area contributed by atoms with Crippen LogP contribution in [0, 0.1) is 23.2 Å². The van der Waals surface area contributed by atoms with Gasteiger partial charge in [0.25, 0.3) is 11.8 Å². The van der Waals surface area contributed by atoms with Crippen molar-refractivity contribution in [2.24, 2.45) is 23.2 Å². The molecule has 2 aliphatic heterocycles. The smallest absolute Gasteiger partial charge is 0.408 e. The highest BCUT2D eigenvalue weighted by atomic mass is 32.2. The maximum absolute atomic E-state index is 16.2. The zero-order valence-electron chi connectivity index (χ0n) is 32.2. The van der Waals surface area contributed by atoms with Gasteiger partial charge in [0.2, 0.25) is 28.3 Å². The van der Waals surface area contributed by atoms with Gasteiger partial charge in [-0.1, -0.05) is 52.3 Å². The average Bonchev–Trinajstić information content (AvgIpc) is 4.04. The molecule has 8 atom stereocenters. The summed E-state index contributed by atoms with van der Waals surface area (Å²) in [7, 11) is -4.20. The van der Waals surface area contributed by atoms with Gasteiger partial charge in [0.1, 0.15) is 35.6 Å². The number of hydrogen-bond donors (Lipinski definition) is 3. The van der Waals surface area contributed by atoms with E-state index in [2.05, 4.69) is 15.6 Å². The van der Waals surface area contributed by atoms with Crippen LogP contribution in [0.15, 0.2) is 30.3 Å². The summed E-state index contributed by atoms with van der Waals surface area (Å²) in [6.45, 7) is 6.36. The fourth-order valence-electron chi connectivity index (χ4n) is 8.34. The van der Waals surface area contributed by atoms with E-state index in [1.54, 1.807) is 52.0 Å². The number of halogens is 4. The van der Waals surface area contributed by atoms with Gasteiger partial charge in [0.05, 0.1) is 23.2 Å². The van der Waals surface area contributed by atoms with Gasteiger partial charge in [-0.15, -0.1) is 0 Å². The molecule has 18 heteroatoms. The number of rotatable bonds is 7. The topological polar surface area (TPSA) is 173 Å². The molecular weight excluding hydrogens is 775 g/mol. The first kappa shape index (κ1) is 41.0. The van der Waals surface area contributed by atoms with Gasteiger partial charge in [-0.2, -0.15) is 8.78 Å². The number of ether oxygens (including phenoxy) is 2. The van der Waals surface area contributed by atoms with E-state index in [4.69, 9.17) is 9.47 Å². The molecule has 7 rings (SSSR count). The van der Waals surface area contributed by atoms with Crippen LogP contribution in [0.2, 0.25) is 0 Å². The van der Waals surface area contributed by atoms with Crippen molar-refractivity contribution >= 4 is 44.7 Å². The van der Waals surface area contributed by atoms with Gasteiger partial charge < -0.3 is 25.0 Å². The lowest BCUT2D eigenvalue weighted by Crippen LogP contribution is -2.61. The number of alkyl carbamates (subject to hydrolysis) is 1. The lowest BCUT2D eigenvalue weighted by molar-refractivity contribution is -0.144. The van der Waals surface area contributed by atoms with Crippen molar-refractivity contribution < 1.29 is 54.6 Å². The molecule has 1 aromatic heterocycles. The summed E-state index contributed by atoms with van der Waals surface area (Å²) in [6, 6.07) is 5.27. The summed E-state index contributed by atoms with van der Waals surface area (Å²) in [6.07, 6.45) is -4.36. The number of sulfonamides is 1. The number of hydrogen-bond acceptors (Lipinski definition) is 9. The average molecular weight is 824 g/mol. The molecule has 57 heavy (non-hydrogen) atoms. The molecule has 4 amide bonds. The Kier molecular flexibility index (Phi) is 10.7. The molecule has 312 valence electrons. The van der Waals surface area contributed by atoms with Crippen LogP contribution < -0.4 is 20.1 Å². The number of alkyl halides is 4. The Labute approximate surface area is 328 Å². The summed E-state index contributed by atoms with van der Waals surface area (Å²) < 4.78 is 100. The Balaban J connectivity index is 1.29. The quantitative estimate of drug-likeness (QED) is 0.319. The van der Waals surface area contributed by atoms with E-state index >= 15 is 8.78 Å². The number of benzene rings is 1. The van der Waals surface area contributed by atoms with Gasteiger partial charge in [0, 0.05) is 17.7 Å². The monoisotopic (exact) mass is 823 g/mol. The van der Waals surface area contributed by atoms with Gasteiger partial charge in [-0.05, 0) is 68.4 Å². The highest BCUT2D eigenvalue weighted by Gasteiger charge is 2.67. The highest BCUT2D eigenvalue weighted by Crippen LogP contribution is 2.49. The molecule has 0 unspecified atom stereocenters. The lowest BCUT2D eigenvalue weighted by atomic mass is 9.85. The summed E-state index contributed by atoms with van der Waals surface area (Å²) in [4.78, 5) is 61.5. The SMILES string of the molecule is CC[C@@H]1[C@@H]2CN(C(=O)[C@H](C(C)(C)C)NC(=O)O[C@@H]3C[C@H]3CCCCC(F)(F)c3nc4ccccc4cc3O2)[C@@H]1C(=O)N[C@]1(C(=O)NS(=O)(=O)C2CC2)C[C@H]1C(F)F. The second kappa shape index (κ2) is 14.9. The number of fused-ring (bicyclic) bond motifs is 5. The third kappa shape index (κ3) is 8.24. The predicted molar refractivity (Wildman–Crippen MR) is 198 cm³/mol. The van der Waals surface area contributed by atoms with E-state index in [9.17, 15) is 36.4 Å². The van der Waals surface area contributed by atoms with Crippen molar-refractivity contribution in [2.45, 2.75) is 133 Å². The van der Waals surface area contributed by atoms with Crippen LogP contribution in [0.5, 0.6) is 5.75 Å². The molecule has 3 saturated carbocycles. The van der Waals surface area contributed by atoms with Crippen LogP contribution in [0.4, 0.5) is 22.4 Å². The van der Waals surface area contributed by atoms with Crippen LogP contribution in [0.1, 0.15) is 91.2 Å². The number of carbonyl (C=O) groups is 4. The van der Waals surface area contributed by atoms with Crippen LogP contribution in [-0.4, -0.2) is 90.2 Å². The van der Waals surface area contributed by atoms with Crippen LogP contribution in [0.25, 0.3) is 10.9 Å². The molecule has 3 N–H and O–H groups in total. The fraction of sp³-hybridized carbons (Fsp3) is 0.667. The molecule has 4 fully saturated rings. The van der Waals surface area contributed by atoms with Crippen LogP contribution in [-0.2, 0) is 35.1 Å². The molecule has 0 spiro atoms. The maximum atomic E-state index is 16.2. The van der Waals surface area contributed by atoms with Crippen molar-refractivity contribution in [1.82, 2.24) is 25.2 Å². The normalized spacial score (nSPS) is 31.8. The number of aromatic nitrogens is 1. The molecule has 1 aromatic carbocycles. The van der Waals surface area contributed by atoms with Gasteiger partial charge >= 0.3 is 6.09 Å². The number of nitrogens with one attached hydrogen (secondary N) is 3. The minimum absolute atomic E-state index is 0.0364. The number of para-hydroxylation sites is 1. The molecule has 3 aliphatic carbocycles. The standard InChI is InChI=1S/C39H49F4N5O8S/c1-5-23-28-19-48(29(23)33(49)46-38(18-24(38)32(40)41)35(51)47-57(53,54)22-13-14-22)34(50)31(37(2,3)4)45-36(52)56-26-17-21(26)11-8-9-15-39(42,43)30-27(55-28)16-20-10-6-7-12-25(20)44-30/h6-7,10,12,16,21-24,26,28-29,31-32H,5,8-9,11,13-15,17-19H2,1-4H3,(H,45,52)(H,46,49)(H,47,51)/t21-,23-,24+,26-,28+,29+,31-,38-/m1/s1. The minimum atomic E-state index is -4.20. The Morgan fingerprint density at radius 1 is 1.07 bits per heavy atom. The third-order valence-electron chi connectivity index (χ3n) is 12.0. The Bertz CT molecular complexity index is 2050. The van der Waals surface area contributed by atoms with E-state index in [0.717, 1.165) is 4.90 Å². The molecular formula is C39H49F4N5O8S. The summed E-state index contributed by atoms with van der Waals surface area (Å²) >= 11 is 0. The Morgan fingerprint density at radius 2 is 1.79 bits per heavy atom. The predicted octanol–water partition coefficient (Wildman–Crippen LogP) is 5.16. The number of amides is 4. The zero-order chi connectivity index (χ0) is 41.2. The molecule has 1 saturated heterocycles. The van der Waals surface area contributed by atoms with Gasteiger partial charge in [-0.3, -0.25) is 19.1 Å². The van der Waals surface area contributed by atoms with E-state index in [0.29, 0.717) is 30.2 Å². The van der Waals surface area contributed by atoms with Crippen molar-refractivity contribution in [3.63, 3.8) is 0 Å². The van der Waals surface area contributed by atoms with Crippen molar-refractivity contribution in [3.05, 3.63) is 36.0 Å². The van der Waals surface area contributed by atoms with Gasteiger partial charge in [-0.25, -0.2) is 27.0 Å². The first-order valence-electron chi connectivity index (χ1n) is 19.6. The number of nitrogens with zero attached hydrogens (tertiary/aromatic N) is 2. The molecule has 0 radical (unpaired) electrons. The first-order valence-corrected chi connectivity index (χ1v) is 21.2. The van der Waals surface area contributed by atoms with Gasteiger partial charge in [0.15, 0.2) is 5.69 Å². The summed E-state index contributed by atoms with van der Waals surface area (Å²) in [5.74, 6) is -9.57. The van der Waals surface area contributed by atoms with Crippen molar-refractivity contribution in [1.29, 1.82) is 0 Å². The van der Waals surface area contributed by atoms with E-state index in [-0.39, 0.29) is 43.9 Å². The van der Waals surface area contributed by atoms with Crippen molar-refractivity contribution in [3.8, 4) is 5.75 Å². The minimum Gasteiger partial charge on any atom is -0.486 e. The largest absolute Gasteiger partial charge is 0.486 e. The third-order valence-corrected chi connectivity index (χ3v) is 13.8. The fourth-order valence-corrected chi connectivity index (χ4v) is 9.70. The molecule has 3 heterocycles. The second-order valence-corrected chi connectivity index (χ2v) is 19.3.